The molecule has 0 spiro atoms. The summed E-state index contributed by atoms with van der Waals surface area (Å²) in [4.78, 5) is 23.6. The van der Waals surface area contributed by atoms with Crippen LogP contribution in [0.15, 0.2) is 22.7 Å². The smallest absolute Gasteiger partial charge is 0.320 e. The van der Waals surface area contributed by atoms with E-state index in [-0.39, 0.29) is 5.91 Å². The molecule has 98 valence electrons. The van der Waals surface area contributed by atoms with Crippen LogP contribution in [0.2, 0.25) is 0 Å². The molecule has 0 heterocycles. The molecule has 18 heavy (non-hydrogen) atoms. The molecule has 1 aromatic rings. The van der Waals surface area contributed by atoms with Gasteiger partial charge in [0.25, 0.3) is 0 Å². The van der Waals surface area contributed by atoms with Crippen LogP contribution in [0.3, 0.4) is 0 Å². The van der Waals surface area contributed by atoms with Crippen molar-refractivity contribution in [1.29, 1.82) is 0 Å². The van der Waals surface area contributed by atoms with Crippen molar-refractivity contribution in [2.45, 2.75) is 20.8 Å². The summed E-state index contributed by atoms with van der Waals surface area (Å²) in [6, 6.07) is 5.50. The van der Waals surface area contributed by atoms with Gasteiger partial charge in [0.15, 0.2) is 0 Å². The van der Waals surface area contributed by atoms with Crippen LogP contribution in [0.5, 0.6) is 0 Å². The maximum absolute atomic E-state index is 12.0. The van der Waals surface area contributed by atoms with Gasteiger partial charge in [0, 0.05) is 10.2 Å². The fourth-order valence-electron chi connectivity index (χ4n) is 1.39. The van der Waals surface area contributed by atoms with Gasteiger partial charge in [0.05, 0.1) is 7.11 Å². The number of carbonyl (C=O) groups excluding carboxylic acids is 2. The minimum absolute atomic E-state index is 0.389. The van der Waals surface area contributed by atoms with Gasteiger partial charge in [0.1, 0.15) is 5.41 Å². The number of rotatable bonds is 3. The van der Waals surface area contributed by atoms with Crippen molar-refractivity contribution in [3.8, 4) is 0 Å². The van der Waals surface area contributed by atoms with Crippen molar-refractivity contribution in [2.75, 3.05) is 12.4 Å². The summed E-state index contributed by atoms with van der Waals surface area (Å²) in [6.45, 7) is 4.94. The van der Waals surface area contributed by atoms with Crippen LogP contribution >= 0.6 is 15.9 Å². The Labute approximate surface area is 115 Å². The van der Waals surface area contributed by atoms with E-state index in [9.17, 15) is 9.59 Å². The van der Waals surface area contributed by atoms with Gasteiger partial charge in [-0.2, -0.15) is 0 Å². The summed E-state index contributed by atoms with van der Waals surface area (Å²) >= 11 is 3.35. The minimum atomic E-state index is -1.21. The number of hydrogen-bond acceptors (Lipinski definition) is 3. The Morgan fingerprint density at radius 2 is 1.94 bits per heavy atom. The van der Waals surface area contributed by atoms with Crippen LogP contribution in [-0.2, 0) is 14.3 Å². The van der Waals surface area contributed by atoms with Crippen LogP contribution in [0.25, 0.3) is 0 Å². The van der Waals surface area contributed by atoms with Crippen molar-refractivity contribution in [2.24, 2.45) is 5.41 Å². The van der Waals surface area contributed by atoms with Gasteiger partial charge in [-0.15, -0.1) is 0 Å². The third kappa shape index (κ3) is 3.10. The van der Waals surface area contributed by atoms with Crippen molar-refractivity contribution in [3.63, 3.8) is 0 Å². The average molecular weight is 314 g/mol. The number of amides is 1. The van der Waals surface area contributed by atoms with Gasteiger partial charge in [-0.1, -0.05) is 15.9 Å². The molecule has 0 saturated heterocycles. The summed E-state index contributed by atoms with van der Waals surface area (Å²) in [5, 5.41) is 2.73. The van der Waals surface area contributed by atoms with E-state index in [1.165, 1.54) is 21.0 Å². The molecule has 0 bridgehead atoms. The van der Waals surface area contributed by atoms with Crippen molar-refractivity contribution >= 4 is 33.5 Å². The summed E-state index contributed by atoms with van der Waals surface area (Å²) in [6.07, 6.45) is 0. The number of benzene rings is 1. The number of ether oxygens (including phenoxy) is 1. The van der Waals surface area contributed by atoms with Gasteiger partial charge < -0.3 is 10.1 Å². The van der Waals surface area contributed by atoms with E-state index in [0.717, 1.165) is 10.0 Å². The lowest BCUT2D eigenvalue weighted by Crippen LogP contribution is -2.38. The van der Waals surface area contributed by atoms with Crippen LogP contribution in [0.1, 0.15) is 19.4 Å². The Bertz CT molecular complexity index is 483. The Morgan fingerprint density at radius 3 is 2.44 bits per heavy atom. The largest absolute Gasteiger partial charge is 0.468 e. The molecule has 0 aliphatic carbocycles. The molecule has 5 heteroatoms. The normalized spacial score (nSPS) is 10.9. The summed E-state index contributed by atoms with van der Waals surface area (Å²) < 4.78 is 5.55. The lowest BCUT2D eigenvalue weighted by Gasteiger charge is -2.21. The standard InChI is InChI=1S/C13H16BrNO3/c1-8-7-9(14)5-6-10(8)15-11(16)13(2,3)12(17)18-4/h5-7H,1-4H3,(H,15,16). The zero-order valence-corrected chi connectivity index (χ0v) is 12.4. The molecular formula is C13H16BrNO3. The lowest BCUT2D eigenvalue weighted by atomic mass is 9.92. The first-order valence-corrected chi connectivity index (χ1v) is 6.24. The Hall–Kier alpha value is -1.36. The second-order valence-electron chi connectivity index (χ2n) is 4.53. The predicted molar refractivity (Wildman–Crippen MR) is 73.3 cm³/mol. The third-order valence-electron chi connectivity index (χ3n) is 2.70. The van der Waals surface area contributed by atoms with E-state index >= 15 is 0 Å². The van der Waals surface area contributed by atoms with Crippen molar-refractivity contribution < 1.29 is 14.3 Å². The van der Waals surface area contributed by atoms with E-state index < -0.39 is 11.4 Å². The van der Waals surface area contributed by atoms with E-state index in [0.29, 0.717) is 5.69 Å². The molecule has 1 rings (SSSR count). The Kier molecular flexibility index (Phi) is 4.51. The van der Waals surface area contributed by atoms with E-state index in [4.69, 9.17) is 0 Å². The van der Waals surface area contributed by atoms with Crippen molar-refractivity contribution in [3.05, 3.63) is 28.2 Å². The van der Waals surface area contributed by atoms with Crippen LogP contribution in [-0.4, -0.2) is 19.0 Å². The molecule has 1 amide bonds. The maximum Gasteiger partial charge on any atom is 0.320 e. The van der Waals surface area contributed by atoms with Crippen LogP contribution in [0, 0.1) is 12.3 Å². The number of aryl methyl sites for hydroxylation is 1. The highest BCUT2D eigenvalue weighted by Gasteiger charge is 2.37. The zero-order valence-electron chi connectivity index (χ0n) is 10.8. The number of hydrogen-bond donors (Lipinski definition) is 1. The van der Waals surface area contributed by atoms with Crippen LogP contribution < -0.4 is 5.32 Å². The molecule has 1 N–H and O–H groups in total. The van der Waals surface area contributed by atoms with Gasteiger partial charge >= 0.3 is 5.97 Å². The monoisotopic (exact) mass is 313 g/mol. The SMILES string of the molecule is COC(=O)C(C)(C)C(=O)Nc1ccc(Br)cc1C. The van der Waals surface area contributed by atoms with Crippen LogP contribution in [0.4, 0.5) is 5.69 Å². The molecule has 0 saturated carbocycles. The number of esters is 1. The fraction of sp³-hybridized carbons (Fsp3) is 0.385. The first-order chi connectivity index (χ1) is 8.28. The molecule has 0 aliphatic heterocycles. The maximum atomic E-state index is 12.0. The second-order valence-corrected chi connectivity index (χ2v) is 5.45. The minimum Gasteiger partial charge on any atom is -0.468 e. The molecule has 1 aromatic carbocycles. The Balaban J connectivity index is 2.91. The van der Waals surface area contributed by atoms with E-state index in [1.807, 2.05) is 19.1 Å². The summed E-state index contributed by atoms with van der Waals surface area (Å²) in [5.74, 6) is -0.950. The summed E-state index contributed by atoms with van der Waals surface area (Å²) in [5.41, 5.74) is 0.382. The van der Waals surface area contributed by atoms with Gasteiger partial charge in [-0.3, -0.25) is 9.59 Å². The summed E-state index contributed by atoms with van der Waals surface area (Å²) in [7, 11) is 1.27. The van der Waals surface area contributed by atoms with E-state index in [1.54, 1.807) is 6.07 Å². The van der Waals surface area contributed by atoms with Gasteiger partial charge in [0.2, 0.25) is 5.91 Å². The zero-order chi connectivity index (χ0) is 13.9. The quantitative estimate of drug-likeness (QED) is 0.689. The molecule has 0 fully saturated rings. The highest BCUT2D eigenvalue weighted by atomic mass is 79.9. The Morgan fingerprint density at radius 1 is 1.33 bits per heavy atom. The van der Waals surface area contributed by atoms with Gasteiger partial charge in [-0.05, 0) is 44.5 Å². The average Bonchev–Trinajstić information content (AvgIpc) is 2.31. The second kappa shape index (κ2) is 5.52. The number of anilines is 1. The number of halogens is 1. The van der Waals surface area contributed by atoms with Gasteiger partial charge in [-0.25, -0.2) is 0 Å². The van der Waals surface area contributed by atoms with Crippen molar-refractivity contribution in [1.82, 2.24) is 0 Å². The number of carbonyl (C=O) groups is 2. The third-order valence-corrected chi connectivity index (χ3v) is 3.19. The first kappa shape index (κ1) is 14.7. The topological polar surface area (TPSA) is 55.4 Å². The number of nitrogens with one attached hydrogen (secondary N) is 1. The molecule has 4 nitrogen and oxygen atoms in total. The lowest BCUT2D eigenvalue weighted by molar-refractivity contribution is -0.154. The van der Waals surface area contributed by atoms with E-state index in [2.05, 4.69) is 26.0 Å². The molecule has 0 unspecified atom stereocenters. The first-order valence-electron chi connectivity index (χ1n) is 5.45. The highest BCUT2D eigenvalue weighted by Crippen LogP contribution is 2.24. The molecule has 0 radical (unpaired) electrons. The molecule has 0 aromatic heterocycles. The molecule has 0 atom stereocenters. The highest BCUT2D eigenvalue weighted by molar-refractivity contribution is 9.10. The molecular weight excluding hydrogens is 298 g/mol. The molecule has 0 aliphatic rings. The predicted octanol–water partition coefficient (Wildman–Crippen LogP) is 2.90. The number of methoxy groups -OCH3 is 1. The fourth-order valence-corrected chi connectivity index (χ4v) is 1.87.